The van der Waals surface area contributed by atoms with Crippen LogP contribution in [0.4, 0.5) is 0 Å². The lowest BCUT2D eigenvalue weighted by Gasteiger charge is -2.19. The molecule has 3 aromatic rings. The molecular weight excluding hydrogens is 342 g/mol. The van der Waals surface area contributed by atoms with Crippen molar-refractivity contribution in [2.24, 2.45) is 0 Å². The lowest BCUT2D eigenvalue weighted by Crippen LogP contribution is -2.21. The Morgan fingerprint density at radius 1 is 0.952 bits per heavy atom. The van der Waals surface area contributed by atoms with E-state index in [4.69, 9.17) is 0 Å². The topological polar surface area (TPSA) is 12.0 Å². The van der Waals surface area contributed by atoms with Crippen molar-refractivity contribution >= 4 is 37.4 Å². The normalized spacial score (nSPS) is 14.2. The van der Waals surface area contributed by atoms with Crippen LogP contribution in [-0.2, 0) is 0 Å². The monoisotopic (exact) mass is 359 g/mol. The minimum Gasteiger partial charge on any atom is -0.303 e. The highest BCUT2D eigenvalue weighted by atomic mass is 79.9. The van der Waals surface area contributed by atoms with E-state index in [2.05, 4.69) is 89.7 Å². The minimum absolute atomic E-state index is 0.322. The molecule has 0 saturated heterocycles. The summed E-state index contributed by atoms with van der Waals surface area (Å²) in [5.41, 5.74) is 1.30. The molecule has 0 bridgehead atoms. The average molecular weight is 360 g/mol. The zero-order chi connectivity index (χ0) is 14.8. The van der Waals surface area contributed by atoms with Crippen molar-refractivity contribution in [3.05, 3.63) is 69.5 Å². The zero-order valence-electron chi connectivity index (χ0n) is 12.1. The first-order valence-electron chi connectivity index (χ1n) is 7.13. The van der Waals surface area contributed by atoms with Gasteiger partial charge in [-0.1, -0.05) is 46.3 Å². The fraction of sp³-hybridized carbons (Fsp3) is 0.222. The van der Waals surface area contributed by atoms with E-state index in [9.17, 15) is 0 Å². The van der Waals surface area contributed by atoms with Gasteiger partial charge in [-0.2, -0.15) is 0 Å². The molecule has 3 heteroatoms. The fourth-order valence-corrected chi connectivity index (χ4v) is 4.04. The van der Waals surface area contributed by atoms with Crippen molar-refractivity contribution in [3.63, 3.8) is 0 Å². The number of hydrogen-bond donors (Lipinski definition) is 1. The van der Waals surface area contributed by atoms with Gasteiger partial charge in [-0.3, -0.25) is 0 Å². The Labute approximate surface area is 138 Å². The van der Waals surface area contributed by atoms with Gasteiger partial charge in [0, 0.05) is 26.1 Å². The van der Waals surface area contributed by atoms with E-state index in [-0.39, 0.29) is 0 Å². The first-order chi connectivity index (χ1) is 10.1. The van der Waals surface area contributed by atoms with E-state index in [0.29, 0.717) is 12.1 Å². The van der Waals surface area contributed by atoms with Gasteiger partial charge in [-0.05, 0) is 49.1 Å². The van der Waals surface area contributed by atoms with Crippen molar-refractivity contribution < 1.29 is 0 Å². The van der Waals surface area contributed by atoms with Gasteiger partial charge < -0.3 is 5.32 Å². The van der Waals surface area contributed by atoms with Crippen molar-refractivity contribution in [2.45, 2.75) is 25.9 Å². The van der Waals surface area contributed by atoms with Crippen molar-refractivity contribution in [1.29, 1.82) is 0 Å². The van der Waals surface area contributed by atoms with Gasteiger partial charge in [-0.25, -0.2) is 0 Å². The van der Waals surface area contributed by atoms with Gasteiger partial charge in [0.1, 0.15) is 0 Å². The van der Waals surface area contributed by atoms with E-state index in [0.717, 1.165) is 4.47 Å². The summed E-state index contributed by atoms with van der Waals surface area (Å²) in [6.45, 7) is 4.45. The predicted molar refractivity (Wildman–Crippen MR) is 95.9 cm³/mol. The van der Waals surface area contributed by atoms with Gasteiger partial charge in [-0.15, -0.1) is 11.3 Å². The minimum atomic E-state index is 0.322. The molecule has 1 heterocycles. The molecule has 0 spiro atoms. The molecule has 1 nitrogen and oxygen atoms in total. The summed E-state index contributed by atoms with van der Waals surface area (Å²) >= 11 is 5.41. The van der Waals surface area contributed by atoms with Crippen molar-refractivity contribution in [1.82, 2.24) is 5.32 Å². The standard InChI is InChI=1S/C18H18BrNS/c1-12(14-7-5-8-16(19)10-14)20-13(2)18-11-15-6-3-4-9-17(15)21-18/h3-13,20H,1-2H3/t12-,13?/m0/s1. The second kappa shape index (κ2) is 6.30. The van der Waals surface area contributed by atoms with Gasteiger partial charge in [0.2, 0.25) is 0 Å². The summed E-state index contributed by atoms with van der Waals surface area (Å²) in [6, 6.07) is 20.0. The maximum absolute atomic E-state index is 3.69. The molecule has 21 heavy (non-hydrogen) atoms. The highest BCUT2D eigenvalue weighted by molar-refractivity contribution is 9.10. The van der Waals surface area contributed by atoms with Crippen LogP contribution in [0.1, 0.15) is 36.4 Å². The molecule has 0 aliphatic heterocycles. The fourth-order valence-electron chi connectivity index (χ4n) is 2.55. The summed E-state index contributed by atoms with van der Waals surface area (Å²) in [5, 5.41) is 5.02. The van der Waals surface area contributed by atoms with Crippen LogP contribution in [0.2, 0.25) is 0 Å². The molecular formula is C18H18BrNS. The second-order valence-electron chi connectivity index (χ2n) is 5.35. The Hall–Kier alpha value is -1.16. The quantitative estimate of drug-likeness (QED) is 0.595. The summed E-state index contributed by atoms with van der Waals surface area (Å²) in [6.07, 6.45) is 0. The van der Waals surface area contributed by atoms with E-state index in [1.54, 1.807) is 0 Å². The highest BCUT2D eigenvalue weighted by Crippen LogP contribution is 2.31. The Kier molecular flexibility index (Phi) is 4.43. The zero-order valence-corrected chi connectivity index (χ0v) is 14.5. The number of benzene rings is 2. The molecule has 1 aromatic heterocycles. The van der Waals surface area contributed by atoms with Gasteiger partial charge in [0.25, 0.3) is 0 Å². The summed E-state index contributed by atoms with van der Waals surface area (Å²) in [5.74, 6) is 0. The Bertz CT molecular complexity index is 717. The summed E-state index contributed by atoms with van der Waals surface area (Å²) in [4.78, 5) is 1.39. The largest absolute Gasteiger partial charge is 0.303 e. The van der Waals surface area contributed by atoms with E-state index in [1.165, 1.54) is 20.5 Å². The Morgan fingerprint density at radius 2 is 1.76 bits per heavy atom. The molecule has 1 unspecified atom stereocenters. The number of hydrogen-bond acceptors (Lipinski definition) is 2. The molecule has 0 amide bonds. The van der Waals surface area contributed by atoms with Crippen LogP contribution in [0, 0.1) is 0 Å². The van der Waals surface area contributed by atoms with Crippen LogP contribution < -0.4 is 5.32 Å². The SMILES string of the molecule is CC(N[C@@H](C)c1cccc(Br)c1)c1cc2ccccc2s1. The lowest BCUT2D eigenvalue weighted by atomic mass is 10.1. The third-order valence-corrected chi connectivity index (χ3v) is 5.51. The first kappa shape index (κ1) is 14.8. The average Bonchev–Trinajstić information content (AvgIpc) is 2.91. The summed E-state index contributed by atoms with van der Waals surface area (Å²) in [7, 11) is 0. The van der Waals surface area contributed by atoms with Crippen LogP contribution in [0.15, 0.2) is 59.1 Å². The van der Waals surface area contributed by atoms with Crippen LogP contribution in [-0.4, -0.2) is 0 Å². The molecule has 2 aromatic carbocycles. The third-order valence-electron chi connectivity index (χ3n) is 3.72. The number of halogens is 1. The molecule has 0 fully saturated rings. The Morgan fingerprint density at radius 3 is 2.52 bits per heavy atom. The van der Waals surface area contributed by atoms with E-state index < -0.39 is 0 Å². The smallest absolute Gasteiger partial charge is 0.0391 e. The highest BCUT2D eigenvalue weighted by Gasteiger charge is 2.13. The molecule has 1 N–H and O–H groups in total. The molecule has 0 radical (unpaired) electrons. The number of rotatable bonds is 4. The number of nitrogens with one attached hydrogen (secondary N) is 1. The van der Waals surface area contributed by atoms with E-state index >= 15 is 0 Å². The summed E-state index contributed by atoms with van der Waals surface area (Å²) < 4.78 is 2.49. The van der Waals surface area contributed by atoms with Crippen molar-refractivity contribution in [2.75, 3.05) is 0 Å². The molecule has 0 aliphatic carbocycles. The van der Waals surface area contributed by atoms with Gasteiger partial charge in [0.05, 0.1) is 0 Å². The molecule has 0 aliphatic rings. The molecule has 0 saturated carbocycles. The molecule has 2 atom stereocenters. The van der Waals surface area contributed by atoms with Crippen molar-refractivity contribution in [3.8, 4) is 0 Å². The Balaban J connectivity index is 1.77. The van der Waals surface area contributed by atoms with Crippen LogP contribution in [0.25, 0.3) is 10.1 Å². The number of fused-ring (bicyclic) bond motifs is 1. The lowest BCUT2D eigenvalue weighted by molar-refractivity contribution is 0.500. The first-order valence-corrected chi connectivity index (χ1v) is 8.74. The predicted octanol–water partition coefficient (Wildman–Crippen LogP) is 6.08. The van der Waals surface area contributed by atoms with Gasteiger partial charge in [0.15, 0.2) is 0 Å². The second-order valence-corrected chi connectivity index (χ2v) is 7.38. The van der Waals surface area contributed by atoms with Crippen LogP contribution in [0.3, 0.4) is 0 Å². The maximum atomic E-state index is 3.69. The van der Waals surface area contributed by atoms with Crippen LogP contribution in [0.5, 0.6) is 0 Å². The third kappa shape index (κ3) is 3.37. The maximum Gasteiger partial charge on any atom is 0.0391 e. The number of thiophene rings is 1. The van der Waals surface area contributed by atoms with Gasteiger partial charge >= 0.3 is 0 Å². The van der Waals surface area contributed by atoms with Crippen LogP contribution >= 0.6 is 27.3 Å². The molecule has 3 rings (SSSR count). The van der Waals surface area contributed by atoms with E-state index in [1.807, 2.05) is 11.3 Å². The molecule has 108 valence electrons.